The monoisotopic (exact) mass is 328 g/mol. The zero-order valence-corrected chi connectivity index (χ0v) is 14.7. The highest BCUT2D eigenvalue weighted by atomic mass is 32.2. The van der Waals surface area contributed by atoms with Crippen molar-refractivity contribution in [2.75, 3.05) is 11.5 Å². The minimum atomic E-state index is 0.0552. The minimum Gasteiger partial charge on any atom is -0.323 e. The normalized spacial score (nSPS) is 13.0. The van der Waals surface area contributed by atoms with E-state index in [4.69, 9.17) is 12.2 Å². The second kappa shape index (κ2) is 6.45. The number of fused-ring (bicyclic) bond motifs is 1. The standard InChI is InChI=1S/C14H20N2OS3/c1-5-19-7-6-8(2)16-13(17)11-9(3)10(4)20-12(11)15-14(16)18/h8H,5-7H2,1-4H3,(H,15,18). The zero-order valence-electron chi connectivity index (χ0n) is 12.3. The van der Waals surface area contributed by atoms with E-state index < -0.39 is 0 Å². The predicted molar refractivity (Wildman–Crippen MR) is 93.1 cm³/mol. The molecule has 0 spiro atoms. The van der Waals surface area contributed by atoms with Crippen molar-refractivity contribution in [1.29, 1.82) is 0 Å². The van der Waals surface area contributed by atoms with Crippen molar-refractivity contribution >= 4 is 45.5 Å². The largest absolute Gasteiger partial charge is 0.323 e. The average Bonchev–Trinajstić information content (AvgIpc) is 2.65. The van der Waals surface area contributed by atoms with Crippen molar-refractivity contribution in [3.63, 3.8) is 0 Å². The van der Waals surface area contributed by atoms with E-state index in [2.05, 4.69) is 18.8 Å². The van der Waals surface area contributed by atoms with Crippen LogP contribution in [-0.4, -0.2) is 21.1 Å². The lowest BCUT2D eigenvalue weighted by atomic mass is 10.2. The van der Waals surface area contributed by atoms with Gasteiger partial charge in [-0.05, 0) is 56.5 Å². The van der Waals surface area contributed by atoms with E-state index in [0.29, 0.717) is 4.77 Å². The molecule has 6 heteroatoms. The fourth-order valence-electron chi connectivity index (χ4n) is 2.27. The van der Waals surface area contributed by atoms with Crippen molar-refractivity contribution in [1.82, 2.24) is 9.55 Å². The number of aryl methyl sites for hydroxylation is 2. The first-order valence-corrected chi connectivity index (χ1v) is 9.17. The van der Waals surface area contributed by atoms with Gasteiger partial charge < -0.3 is 4.98 Å². The smallest absolute Gasteiger partial charge is 0.263 e. The average molecular weight is 329 g/mol. The molecule has 3 nitrogen and oxygen atoms in total. The second-order valence-electron chi connectivity index (χ2n) is 4.93. The highest BCUT2D eigenvalue weighted by Gasteiger charge is 2.15. The van der Waals surface area contributed by atoms with Gasteiger partial charge in [-0.25, -0.2) is 0 Å². The number of hydrogen-bond donors (Lipinski definition) is 1. The fourth-order valence-corrected chi connectivity index (χ4v) is 4.55. The molecule has 1 atom stereocenters. The summed E-state index contributed by atoms with van der Waals surface area (Å²) < 4.78 is 2.28. The SMILES string of the molecule is CCSCCC(C)n1c(=S)[nH]c2sc(C)c(C)c2c1=O. The molecule has 2 rings (SSSR count). The molecule has 0 aliphatic heterocycles. The van der Waals surface area contributed by atoms with Crippen LogP contribution in [0.1, 0.15) is 36.8 Å². The second-order valence-corrected chi connectivity index (χ2v) is 7.93. The van der Waals surface area contributed by atoms with E-state index in [9.17, 15) is 4.79 Å². The number of thioether (sulfide) groups is 1. The lowest BCUT2D eigenvalue weighted by Crippen LogP contribution is -2.25. The molecule has 20 heavy (non-hydrogen) atoms. The van der Waals surface area contributed by atoms with E-state index in [1.54, 1.807) is 15.9 Å². The minimum absolute atomic E-state index is 0.0552. The molecule has 0 amide bonds. The van der Waals surface area contributed by atoms with Crippen LogP contribution in [0.2, 0.25) is 0 Å². The van der Waals surface area contributed by atoms with Gasteiger partial charge in [0.25, 0.3) is 5.56 Å². The van der Waals surface area contributed by atoms with Gasteiger partial charge in [0, 0.05) is 10.9 Å². The van der Waals surface area contributed by atoms with Gasteiger partial charge in [0.15, 0.2) is 4.77 Å². The van der Waals surface area contributed by atoms with Gasteiger partial charge in [-0.1, -0.05) is 6.92 Å². The Hall–Kier alpha value is -0.590. The van der Waals surface area contributed by atoms with Crippen LogP contribution in [0.25, 0.3) is 10.2 Å². The lowest BCUT2D eigenvalue weighted by molar-refractivity contribution is 0.508. The Labute approximate surface area is 132 Å². The molecule has 0 bridgehead atoms. The number of nitrogens with zero attached hydrogens (tertiary/aromatic N) is 1. The summed E-state index contributed by atoms with van der Waals surface area (Å²) in [7, 11) is 0. The van der Waals surface area contributed by atoms with Gasteiger partial charge >= 0.3 is 0 Å². The van der Waals surface area contributed by atoms with Crippen LogP contribution in [-0.2, 0) is 0 Å². The summed E-state index contributed by atoms with van der Waals surface area (Å²) >= 11 is 8.89. The summed E-state index contributed by atoms with van der Waals surface area (Å²) in [5.41, 5.74) is 1.13. The van der Waals surface area contributed by atoms with Gasteiger partial charge in [-0.15, -0.1) is 11.3 Å². The van der Waals surface area contributed by atoms with Crippen molar-refractivity contribution in [3.05, 3.63) is 25.6 Å². The number of rotatable bonds is 5. The quantitative estimate of drug-likeness (QED) is 0.651. The maximum absolute atomic E-state index is 12.7. The first-order valence-electron chi connectivity index (χ1n) is 6.79. The highest BCUT2D eigenvalue weighted by molar-refractivity contribution is 7.99. The van der Waals surface area contributed by atoms with Gasteiger partial charge in [0.2, 0.25) is 0 Å². The molecule has 0 aromatic carbocycles. The third-order valence-corrected chi connectivity index (χ3v) is 5.94. The molecule has 0 aliphatic carbocycles. The van der Waals surface area contributed by atoms with E-state index >= 15 is 0 Å². The number of hydrogen-bond acceptors (Lipinski definition) is 4. The van der Waals surface area contributed by atoms with Gasteiger partial charge in [0.05, 0.1) is 5.39 Å². The highest BCUT2D eigenvalue weighted by Crippen LogP contribution is 2.26. The molecule has 110 valence electrons. The van der Waals surface area contributed by atoms with Gasteiger partial charge in [0.1, 0.15) is 4.83 Å². The molecule has 2 aromatic heterocycles. The Morgan fingerprint density at radius 2 is 2.15 bits per heavy atom. The Morgan fingerprint density at radius 3 is 2.80 bits per heavy atom. The van der Waals surface area contributed by atoms with Crippen LogP contribution >= 0.6 is 35.3 Å². The summed E-state index contributed by atoms with van der Waals surface area (Å²) in [6, 6.07) is 0.134. The number of aromatic amines is 1. The lowest BCUT2D eigenvalue weighted by Gasteiger charge is -2.15. The predicted octanol–water partition coefficient (Wildman–Crippen LogP) is 4.44. The molecule has 0 fully saturated rings. The first-order chi connectivity index (χ1) is 9.47. The van der Waals surface area contributed by atoms with Crippen LogP contribution in [0, 0.1) is 18.6 Å². The molecule has 1 N–H and O–H groups in total. The van der Waals surface area contributed by atoms with E-state index in [1.165, 1.54) is 4.88 Å². The molecule has 1 unspecified atom stereocenters. The molecule has 0 saturated heterocycles. The van der Waals surface area contributed by atoms with Crippen LogP contribution in [0.3, 0.4) is 0 Å². The summed E-state index contributed by atoms with van der Waals surface area (Å²) in [6.45, 7) is 8.27. The van der Waals surface area contributed by atoms with Crippen LogP contribution in [0.5, 0.6) is 0 Å². The van der Waals surface area contributed by atoms with E-state index in [1.807, 2.05) is 25.6 Å². The number of H-pyrrole nitrogens is 1. The topological polar surface area (TPSA) is 37.8 Å². The van der Waals surface area contributed by atoms with Gasteiger partial charge in [-0.3, -0.25) is 9.36 Å². The summed E-state index contributed by atoms with van der Waals surface area (Å²) in [6.07, 6.45) is 0.962. The molecule has 0 radical (unpaired) electrons. The Bertz CT molecular complexity index is 726. The Kier molecular flexibility index (Phi) is 5.09. The Morgan fingerprint density at radius 1 is 1.45 bits per heavy atom. The third kappa shape index (κ3) is 2.87. The molecular weight excluding hydrogens is 308 g/mol. The van der Waals surface area contributed by atoms with Crippen LogP contribution in [0.15, 0.2) is 4.79 Å². The third-order valence-electron chi connectivity index (χ3n) is 3.58. The van der Waals surface area contributed by atoms with Crippen molar-refractivity contribution in [3.8, 4) is 0 Å². The number of nitrogens with one attached hydrogen (secondary N) is 1. The molecule has 2 heterocycles. The van der Waals surface area contributed by atoms with Crippen LogP contribution < -0.4 is 5.56 Å². The van der Waals surface area contributed by atoms with E-state index in [0.717, 1.165) is 33.7 Å². The van der Waals surface area contributed by atoms with Crippen molar-refractivity contribution < 1.29 is 0 Å². The summed E-state index contributed by atoms with van der Waals surface area (Å²) in [4.78, 5) is 18.0. The summed E-state index contributed by atoms with van der Waals surface area (Å²) in [5, 5.41) is 0.802. The van der Waals surface area contributed by atoms with Crippen molar-refractivity contribution in [2.24, 2.45) is 0 Å². The molecule has 2 aromatic rings. The molecule has 0 saturated carbocycles. The summed E-state index contributed by atoms with van der Waals surface area (Å²) in [5.74, 6) is 2.16. The number of thiophene rings is 1. The molecule has 0 aliphatic rings. The number of aromatic nitrogens is 2. The maximum Gasteiger partial charge on any atom is 0.263 e. The first kappa shape index (κ1) is 15.8. The van der Waals surface area contributed by atoms with Crippen LogP contribution in [0.4, 0.5) is 0 Å². The zero-order chi connectivity index (χ0) is 14.9. The maximum atomic E-state index is 12.7. The van der Waals surface area contributed by atoms with E-state index in [-0.39, 0.29) is 11.6 Å². The van der Waals surface area contributed by atoms with Crippen molar-refractivity contribution in [2.45, 2.75) is 40.2 Å². The molecular formula is C14H20N2OS3. The Balaban J connectivity index is 2.51. The van der Waals surface area contributed by atoms with Gasteiger partial charge in [-0.2, -0.15) is 11.8 Å². The fraction of sp³-hybridized carbons (Fsp3) is 0.571.